The van der Waals surface area contributed by atoms with Crippen molar-refractivity contribution in [1.82, 2.24) is 15.0 Å². The standard InChI is InChI=1S/C24H17F3N4O3/c1-13(32)28-18-12-14(24(25,26)27)10-11-15(18)21-29-22(16-6-2-4-8-19(16)33)31-23(30-21)17-7-3-5-9-20(17)34/h2-12,33-34H,1H3,(H,28,32). The van der Waals surface area contributed by atoms with Gasteiger partial charge < -0.3 is 15.5 Å². The molecule has 3 N–H and O–H groups in total. The number of nitrogens with zero attached hydrogens (tertiary/aromatic N) is 3. The van der Waals surface area contributed by atoms with Gasteiger partial charge in [-0.25, -0.2) is 15.0 Å². The van der Waals surface area contributed by atoms with Gasteiger partial charge in [-0.15, -0.1) is 0 Å². The van der Waals surface area contributed by atoms with Gasteiger partial charge in [0.2, 0.25) is 5.91 Å². The molecule has 0 spiro atoms. The SMILES string of the molecule is CC(=O)Nc1cc(C(F)(F)F)ccc1-c1nc(-c2ccccc2O)nc(-c2ccccc2O)n1. The van der Waals surface area contributed by atoms with E-state index in [0.29, 0.717) is 0 Å². The molecule has 1 amide bonds. The lowest BCUT2D eigenvalue weighted by Gasteiger charge is -2.15. The Hall–Kier alpha value is -4.47. The van der Waals surface area contributed by atoms with Gasteiger partial charge in [-0.3, -0.25) is 4.79 Å². The molecular formula is C24H17F3N4O3. The van der Waals surface area contributed by atoms with Crippen LogP contribution in [0, 0.1) is 0 Å². The molecule has 1 heterocycles. The van der Waals surface area contributed by atoms with Gasteiger partial charge >= 0.3 is 6.18 Å². The highest BCUT2D eigenvalue weighted by Crippen LogP contribution is 2.37. The summed E-state index contributed by atoms with van der Waals surface area (Å²) in [7, 11) is 0. The number of nitrogens with one attached hydrogen (secondary N) is 1. The van der Waals surface area contributed by atoms with Crippen molar-refractivity contribution in [3.8, 4) is 45.7 Å². The van der Waals surface area contributed by atoms with Gasteiger partial charge in [0, 0.05) is 12.5 Å². The first-order chi connectivity index (χ1) is 16.1. The van der Waals surface area contributed by atoms with Gasteiger partial charge in [0.25, 0.3) is 0 Å². The number of hydrogen-bond donors (Lipinski definition) is 3. The number of alkyl halides is 3. The Morgan fingerprint density at radius 2 is 1.24 bits per heavy atom. The number of benzene rings is 3. The molecule has 0 unspecified atom stereocenters. The van der Waals surface area contributed by atoms with Crippen LogP contribution in [0.25, 0.3) is 34.2 Å². The predicted molar refractivity (Wildman–Crippen MR) is 119 cm³/mol. The first-order valence-electron chi connectivity index (χ1n) is 9.95. The second kappa shape index (κ2) is 8.81. The largest absolute Gasteiger partial charge is 0.507 e. The van der Waals surface area contributed by atoms with Gasteiger partial charge in [0.05, 0.1) is 22.4 Å². The smallest absolute Gasteiger partial charge is 0.416 e. The van der Waals surface area contributed by atoms with Crippen molar-refractivity contribution >= 4 is 11.6 Å². The van der Waals surface area contributed by atoms with Crippen molar-refractivity contribution in [2.45, 2.75) is 13.1 Å². The molecule has 3 aromatic carbocycles. The quantitative estimate of drug-likeness (QED) is 0.379. The summed E-state index contributed by atoms with van der Waals surface area (Å²) in [6, 6.07) is 15.3. The van der Waals surface area contributed by atoms with Crippen molar-refractivity contribution in [2.75, 3.05) is 5.32 Å². The summed E-state index contributed by atoms with van der Waals surface area (Å²) >= 11 is 0. The van der Waals surface area contributed by atoms with Crippen LogP contribution < -0.4 is 5.32 Å². The summed E-state index contributed by atoms with van der Waals surface area (Å²) < 4.78 is 39.9. The molecule has 4 rings (SSSR count). The molecule has 0 aliphatic rings. The molecule has 0 atom stereocenters. The summed E-state index contributed by atoms with van der Waals surface area (Å²) in [6.07, 6.45) is -4.63. The van der Waals surface area contributed by atoms with Crippen LogP contribution in [0.1, 0.15) is 12.5 Å². The Morgan fingerprint density at radius 1 is 0.765 bits per heavy atom. The monoisotopic (exact) mass is 466 g/mol. The molecular weight excluding hydrogens is 449 g/mol. The number of aromatic nitrogens is 3. The van der Waals surface area contributed by atoms with Crippen LogP contribution in [0.5, 0.6) is 11.5 Å². The van der Waals surface area contributed by atoms with E-state index in [1.807, 2.05) is 0 Å². The molecule has 0 bridgehead atoms. The number of phenolic OH excluding ortho intramolecular Hbond substituents is 2. The summed E-state index contributed by atoms with van der Waals surface area (Å²) in [5.41, 5.74) is -0.526. The average Bonchev–Trinajstić information content (AvgIpc) is 2.78. The molecule has 7 nitrogen and oxygen atoms in total. The maximum atomic E-state index is 13.3. The maximum absolute atomic E-state index is 13.3. The molecule has 1 aromatic heterocycles. The van der Waals surface area contributed by atoms with Crippen LogP contribution >= 0.6 is 0 Å². The molecule has 0 saturated carbocycles. The number of aromatic hydroxyl groups is 2. The highest BCUT2D eigenvalue weighted by molar-refractivity contribution is 5.93. The third-order valence-electron chi connectivity index (χ3n) is 4.82. The third kappa shape index (κ3) is 4.65. The number of phenols is 2. The van der Waals surface area contributed by atoms with E-state index in [2.05, 4.69) is 20.3 Å². The van der Waals surface area contributed by atoms with E-state index in [1.165, 1.54) is 12.1 Å². The summed E-state index contributed by atoms with van der Waals surface area (Å²) in [5, 5.41) is 23.0. The number of rotatable bonds is 4. The lowest BCUT2D eigenvalue weighted by molar-refractivity contribution is -0.137. The molecule has 0 radical (unpaired) electrons. The van der Waals surface area contributed by atoms with Gasteiger partial charge in [0.1, 0.15) is 11.5 Å². The Kier molecular flexibility index (Phi) is 5.89. The first-order valence-corrected chi connectivity index (χ1v) is 9.95. The summed E-state index contributed by atoms with van der Waals surface area (Å²) in [6.45, 7) is 1.16. The molecule has 10 heteroatoms. The van der Waals surface area contributed by atoms with E-state index in [4.69, 9.17) is 0 Å². The first kappa shape index (κ1) is 22.7. The number of halogens is 3. The number of amides is 1. The van der Waals surface area contributed by atoms with Crippen molar-refractivity contribution in [2.24, 2.45) is 0 Å². The number of carbonyl (C=O) groups is 1. The normalized spacial score (nSPS) is 11.3. The Labute approximate surface area is 191 Å². The van der Waals surface area contributed by atoms with Gasteiger partial charge in [-0.1, -0.05) is 24.3 Å². The van der Waals surface area contributed by atoms with Crippen molar-refractivity contribution in [1.29, 1.82) is 0 Å². The molecule has 0 saturated heterocycles. The summed E-state index contributed by atoms with van der Waals surface area (Å²) in [4.78, 5) is 24.8. The minimum Gasteiger partial charge on any atom is -0.507 e. The molecule has 172 valence electrons. The van der Waals surface area contributed by atoms with Crippen molar-refractivity contribution in [3.63, 3.8) is 0 Å². The van der Waals surface area contributed by atoms with Crippen LogP contribution in [0.2, 0.25) is 0 Å². The Morgan fingerprint density at radius 3 is 1.68 bits per heavy atom. The van der Waals surface area contributed by atoms with Crippen LogP contribution in [0.3, 0.4) is 0 Å². The van der Waals surface area contributed by atoms with E-state index in [1.54, 1.807) is 36.4 Å². The van der Waals surface area contributed by atoms with E-state index < -0.39 is 17.6 Å². The fraction of sp³-hybridized carbons (Fsp3) is 0.0833. The molecule has 0 fully saturated rings. The Balaban J connectivity index is 1.99. The topological polar surface area (TPSA) is 108 Å². The summed E-state index contributed by atoms with van der Waals surface area (Å²) in [5.74, 6) is -0.861. The van der Waals surface area contributed by atoms with Crippen molar-refractivity contribution < 1.29 is 28.2 Å². The number of hydrogen-bond acceptors (Lipinski definition) is 6. The number of para-hydroxylation sites is 2. The van der Waals surface area contributed by atoms with Gasteiger partial charge in [-0.2, -0.15) is 13.2 Å². The minimum absolute atomic E-state index is 0.0232. The predicted octanol–water partition coefficient (Wildman–Crippen LogP) is 5.26. The Bertz CT molecular complexity index is 1330. The van der Waals surface area contributed by atoms with Crippen LogP contribution in [0.4, 0.5) is 18.9 Å². The van der Waals surface area contributed by atoms with Crippen LogP contribution in [0.15, 0.2) is 66.7 Å². The zero-order chi connectivity index (χ0) is 24.5. The van der Waals surface area contributed by atoms with Crippen LogP contribution in [-0.4, -0.2) is 31.1 Å². The fourth-order valence-corrected chi connectivity index (χ4v) is 3.27. The van der Waals surface area contributed by atoms with Gasteiger partial charge in [-0.05, 0) is 42.5 Å². The third-order valence-corrected chi connectivity index (χ3v) is 4.82. The highest BCUT2D eigenvalue weighted by Gasteiger charge is 2.31. The minimum atomic E-state index is -4.63. The van der Waals surface area contributed by atoms with E-state index in [9.17, 15) is 28.2 Å². The second-order valence-electron chi connectivity index (χ2n) is 7.28. The van der Waals surface area contributed by atoms with Crippen LogP contribution in [-0.2, 0) is 11.0 Å². The van der Waals surface area contributed by atoms with E-state index >= 15 is 0 Å². The lowest BCUT2D eigenvalue weighted by atomic mass is 10.1. The fourth-order valence-electron chi connectivity index (χ4n) is 3.27. The van der Waals surface area contributed by atoms with Crippen molar-refractivity contribution in [3.05, 3.63) is 72.3 Å². The number of carbonyl (C=O) groups excluding carboxylic acids is 1. The molecule has 0 aliphatic heterocycles. The number of anilines is 1. The molecule has 34 heavy (non-hydrogen) atoms. The zero-order valence-electron chi connectivity index (χ0n) is 17.6. The van der Waals surface area contributed by atoms with E-state index in [-0.39, 0.29) is 51.3 Å². The average molecular weight is 466 g/mol. The highest BCUT2D eigenvalue weighted by atomic mass is 19.4. The second-order valence-corrected chi connectivity index (χ2v) is 7.28. The van der Waals surface area contributed by atoms with Gasteiger partial charge in [0.15, 0.2) is 17.5 Å². The maximum Gasteiger partial charge on any atom is 0.416 e. The molecule has 4 aromatic rings. The molecule has 0 aliphatic carbocycles. The lowest BCUT2D eigenvalue weighted by Crippen LogP contribution is -2.11. The zero-order valence-corrected chi connectivity index (χ0v) is 17.6. The van der Waals surface area contributed by atoms with E-state index in [0.717, 1.165) is 25.1 Å².